The van der Waals surface area contributed by atoms with E-state index in [2.05, 4.69) is 0 Å². The summed E-state index contributed by atoms with van der Waals surface area (Å²) < 4.78 is 0. The zero-order valence-corrected chi connectivity index (χ0v) is 5.25. The molecule has 0 aliphatic rings. The molecule has 2 heteroatoms. The Kier molecular flexibility index (Phi) is 3.67. The van der Waals surface area contributed by atoms with Crippen LogP contribution in [0.25, 0.3) is 0 Å². The highest BCUT2D eigenvalue weighted by Gasteiger charge is 1.81. The number of hydrogen-bond donors (Lipinski definition) is 2. The number of hydrogen-bond acceptors (Lipinski definition) is 2. The minimum absolute atomic E-state index is 0. The molecule has 1 rings (SSSR count). The van der Waals surface area contributed by atoms with Crippen molar-refractivity contribution in [2.75, 3.05) is 0 Å². The monoisotopic (exact) mass is 125 g/mol. The predicted molar refractivity (Wildman–Crippen MR) is 37.4 cm³/mol. The van der Waals surface area contributed by atoms with E-state index >= 15 is 0 Å². The molecule has 9 heavy (non-hydrogen) atoms. The molecule has 0 atom stereocenters. The van der Waals surface area contributed by atoms with Crippen LogP contribution in [0.2, 0.25) is 0 Å². The maximum atomic E-state index is 8.54. The SMILES string of the molecule is N.OCc1ccccc1. The minimum Gasteiger partial charge on any atom is -0.392 e. The second kappa shape index (κ2) is 4.06. The van der Waals surface area contributed by atoms with Gasteiger partial charge in [0.15, 0.2) is 0 Å². The Morgan fingerprint density at radius 1 is 1.11 bits per heavy atom. The largest absolute Gasteiger partial charge is 0.392 e. The van der Waals surface area contributed by atoms with Gasteiger partial charge < -0.3 is 11.3 Å². The molecule has 1 aromatic rings. The third-order valence-electron chi connectivity index (χ3n) is 1.03. The van der Waals surface area contributed by atoms with Crippen LogP contribution in [0.15, 0.2) is 30.3 Å². The lowest BCUT2D eigenvalue weighted by molar-refractivity contribution is 0.282. The second-order valence-electron chi connectivity index (χ2n) is 1.64. The van der Waals surface area contributed by atoms with Crippen LogP contribution in [0.3, 0.4) is 0 Å². The summed E-state index contributed by atoms with van der Waals surface area (Å²) >= 11 is 0. The van der Waals surface area contributed by atoms with Crippen molar-refractivity contribution in [1.29, 1.82) is 0 Å². The summed E-state index contributed by atoms with van der Waals surface area (Å²) in [4.78, 5) is 0. The third-order valence-corrected chi connectivity index (χ3v) is 1.03. The van der Waals surface area contributed by atoms with Crippen LogP contribution in [-0.2, 0) is 6.61 Å². The molecule has 0 bridgehead atoms. The first kappa shape index (κ1) is 8.14. The van der Waals surface area contributed by atoms with Gasteiger partial charge in [0.05, 0.1) is 6.61 Å². The van der Waals surface area contributed by atoms with E-state index in [1.54, 1.807) is 0 Å². The van der Waals surface area contributed by atoms with Crippen molar-refractivity contribution in [3.8, 4) is 0 Å². The van der Waals surface area contributed by atoms with Crippen molar-refractivity contribution >= 4 is 0 Å². The third kappa shape index (κ3) is 2.26. The van der Waals surface area contributed by atoms with Crippen molar-refractivity contribution in [1.82, 2.24) is 6.15 Å². The lowest BCUT2D eigenvalue weighted by Gasteiger charge is -1.89. The zero-order chi connectivity index (χ0) is 5.82. The molecule has 2 nitrogen and oxygen atoms in total. The quantitative estimate of drug-likeness (QED) is 0.595. The van der Waals surface area contributed by atoms with Crippen LogP contribution in [0, 0.1) is 0 Å². The molecule has 0 radical (unpaired) electrons. The maximum Gasteiger partial charge on any atom is 0.0681 e. The molecule has 0 saturated heterocycles. The number of benzene rings is 1. The molecule has 50 valence electrons. The standard InChI is InChI=1S/C7H8O.H3N/c8-6-7-4-2-1-3-5-7;/h1-5,8H,6H2;1H3. The predicted octanol–water partition coefficient (Wildman–Crippen LogP) is 1.34. The lowest BCUT2D eigenvalue weighted by atomic mass is 10.2. The van der Waals surface area contributed by atoms with Gasteiger partial charge in [-0.1, -0.05) is 30.3 Å². The molecule has 0 amide bonds. The minimum atomic E-state index is 0. The van der Waals surface area contributed by atoms with Crippen molar-refractivity contribution in [2.45, 2.75) is 6.61 Å². The normalized spacial score (nSPS) is 8.11. The van der Waals surface area contributed by atoms with Gasteiger partial charge in [-0.25, -0.2) is 0 Å². The number of rotatable bonds is 1. The Labute approximate surface area is 54.7 Å². The van der Waals surface area contributed by atoms with Gasteiger partial charge in [0.1, 0.15) is 0 Å². The molecule has 0 aliphatic carbocycles. The number of aliphatic hydroxyl groups is 1. The van der Waals surface area contributed by atoms with Gasteiger partial charge in [0.25, 0.3) is 0 Å². The van der Waals surface area contributed by atoms with Gasteiger partial charge in [-0.2, -0.15) is 0 Å². The second-order valence-corrected chi connectivity index (χ2v) is 1.64. The average Bonchev–Trinajstić information content (AvgIpc) is 1.90. The van der Waals surface area contributed by atoms with Crippen molar-refractivity contribution < 1.29 is 5.11 Å². The van der Waals surface area contributed by atoms with Crippen molar-refractivity contribution in [3.63, 3.8) is 0 Å². The first-order valence-corrected chi connectivity index (χ1v) is 2.58. The van der Waals surface area contributed by atoms with Gasteiger partial charge in [-0.15, -0.1) is 0 Å². The summed E-state index contributed by atoms with van der Waals surface area (Å²) in [5.74, 6) is 0. The molecule has 0 saturated carbocycles. The first-order chi connectivity index (χ1) is 3.93. The van der Waals surface area contributed by atoms with E-state index < -0.39 is 0 Å². The van der Waals surface area contributed by atoms with Crippen LogP contribution >= 0.6 is 0 Å². The molecule has 0 aromatic heterocycles. The highest BCUT2D eigenvalue weighted by atomic mass is 16.3. The topological polar surface area (TPSA) is 55.2 Å². The molecule has 0 spiro atoms. The molecular formula is C7H11NO. The summed E-state index contributed by atoms with van der Waals surface area (Å²) in [5, 5.41) is 8.54. The van der Waals surface area contributed by atoms with E-state index in [-0.39, 0.29) is 12.8 Å². The molecular weight excluding hydrogens is 114 g/mol. The summed E-state index contributed by atoms with van der Waals surface area (Å²) in [5.41, 5.74) is 0.965. The molecule has 0 aliphatic heterocycles. The van der Waals surface area contributed by atoms with Gasteiger partial charge in [0.2, 0.25) is 0 Å². The fraction of sp³-hybridized carbons (Fsp3) is 0.143. The first-order valence-electron chi connectivity index (χ1n) is 2.58. The molecule has 0 unspecified atom stereocenters. The van der Waals surface area contributed by atoms with E-state index in [4.69, 9.17) is 5.11 Å². The Bertz CT molecular complexity index is 150. The van der Waals surface area contributed by atoms with Gasteiger partial charge >= 0.3 is 0 Å². The van der Waals surface area contributed by atoms with Crippen LogP contribution in [0.5, 0.6) is 0 Å². The lowest BCUT2D eigenvalue weighted by Crippen LogP contribution is -1.77. The fourth-order valence-electron chi connectivity index (χ4n) is 0.583. The molecule has 0 heterocycles. The summed E-state index contributed by atoms with van der Waals surface area (Å²) in [6, 6.07) is 9.52. The van der Waals surface area contributed by atoms with Crippen LogP contribution in [-0.4, -0.2) is 5.11 Å². The number of aliphatic hydroxyl groups excluding tert-OH is 1. The summed E-state index contributed by atoms with van der Waals surface area (Å²) in [6.45, 7) is 0.140. The Hall–Kier alpha value is -0.860. The van der Waals surface area contributed by atoms with Crippen LogP contribution < -0.4 is 6.15 Å². The van der Waals surface area contributed by atoms with Crippen LogP contribution in [0.4, 0.5) is 0 Å². The maximum absolute atomic E-state index is 8.54. The summed E-state index contributed by atoms with van der Waals surface area (Å²) in [7, 11) is 0. The van der Waals surface area contributed by atoms with E-state index in [0.29, 0.717) is 0 Å². The molecule has 4 N–H and O–H groups in total. The van der Waals surface area contributed by atoms with Gasteiger partial charge in [-0.05, 0) is 5.56 Å². The highest BCUT2D eigenvalue weighted by molar-refractivity contribution is 5.12. The molecule has 1 aromatic carbocycles. The highest BCUT2D eigenvalue weighted by Crippen LogP contribution is 1.95. The van der Waals surface area contributed by atoms with E-state index in [9.17, 15) is 0 Å². The van der Waals surface area contributed by atoms with Crippen molar-refractivity contribution in [2.24, 2.45) is 0 Å². The zero-order valence-electron chi connectivity index (χ0n) is 5.25. The molecule has 0 fully saturated rings. The Balaban J connectivity index is 0.000000640. The van der Waals surface area contributed by atoms with Gasteiger partial charge in [-0.3, -0.25) is 0 Å². The van der Waals surface area contributed by atoms with Crippen LogP contribution in [0.1, 0.15) is 5.56 Å². The Morgan fingerprint density at radius 2 is 1.67 bits per heavy atom. The average molecular weight is 125 g/mol. The fourth-order valence-corrected chi connectivity index (χ4v) is 0.583. The summed E-state index contributed by atoms with van der Waals surface area (Å²) in [6.07, 6.45) is 0. The smallest absolute Gasteiger partial charge is 0.0681 e. The van der Waals surface area contributed by atoms with Crippen molar-refractivity contribution in [3.05, 3.63) is 35.9 Å². The van der Waals surface area contributed by atoms with Gasteiger partial charge in [0, 0.05) is 0 Å². The van der Waals surface area contributed by atoms with E-state index in [1.165, 1.54) is 0 Å². The van der Waals surface area contributed by atoms with E-state index in [1.807, 2.05) is 30.3 Å². The Morgan fingerprint density at radius 3 is 2.00 bits per heavy atom. The van der Waals surface area contributed by atoms with E-state index in [0.717, 1.165) is 5.56 Å².